The third kappa shape index (κ3) is 33.4. The monoisotopic (exact) mass is 935 g/mol. The molecule has 0 aromatic heterocycles. The predicted octanol–water partition coefficient (Wildman–Crippen LogP) is 7.45. The van der Waals surface area contributed by atoms with Crippen LogP contribution in [0.3, 0.4) is 0 Å². The first-order valence-electron chi connectivity index (χ1n) is 24.5. The van der Waals surface area contributed by atoms with E-state index in [-0.39, 0.29) is 6.42 Å². The smallest absolute Gasteiger partial charge is 0.308 e. The van der Waals surface area contributed by atoms with Crippen molar-refractivity contribution in [3.8, 4) is 0 Å². The molecule has 0 heterocycles. The summed E-state index contributed by atoms with van der Waals surface area (Å²) in [5.41, 5.74) is -8.78. The fraction of sp³-hybridized carbons (Fsp3) is 0.922. The average molecular weight is 935 g/mol. The Hall–Kier alpha value is -1.72. The number of carboxylic acid groups (broad SMARTS) is 1. The maximum absolute atomic E-state index is 12.0. The van der Waals surface area contributed by atoms with E-state index in [1.165, 1.54) is 19.4 Å². The number of hydrogen-bond acceptors (Lipinski definition) is 13. The summed E-state index contributed by atoms with van der Waals surface area (Å²) in [6.07, 6.45) is 11.6. The van der Waals surface area contributed by atoms with Crippen LogP contribution in [0.2, 0.25) is 0 Å². The van der Waals surface area contributed by atoms with Crippen molar-refractivity contribution in [2.75, 3.05) is 6.61 Å². The summed E-state index contributed by atoms with van der Waals surface area (Å²) in [7, 11) is 0. The number of carboxylic acids is 1. The van der Waals surface area contributed by atoms with E-state index in [1.807, 2.05) is 34.6 Å². The molecule has 0 saturated heterocycles. The van der Waals surface area contributed by atoms with Gasteiger partial charge in [-0.05, 0) is 224 Å². The van der Waals surface area contributed by atoms with E-state index >= 15 is 0 Å². The second-order valence-electron chi connectivity index (χ2n) is 23.1. The Morgan fingerprint density at radius 2 is 0.692 bits per heavy atom. The molecule has 0 rings (SSSR count). The molecule has 0 radical (unpaired) electrons. The average Bonchev–Trinajstić information content (AvgIpc) is 3.08. The Morgan fingerprint density at radius 1 is 0.431 bits per heavy atom. The zero-order valence-electron chi connectivity index (χ0n) is 42.7. The van der Waals surface area contributed by atoms with Gasteiger partial charge in [-0.15, -0.1) is 0 Å². The van der Waals surface area contributed by atoms with Gasteiger partial charge in [0.25, 0.3) is 0 Å². The molecule has 0 aromatic carbocycles. The van der Waals surface area contributed by atoms with Gasteiger partial charge in [-0.25, -0.2) is 0 Å². The highest BCUT2D eigenvalue weighted by Gasteiger charge is 2.35. The van der Waals surface area contributed by atoms with Crippen molar-refractivity contribution in [2.45, 2.75) is 293 Å². The minimum atomic E-state index is -1.82. The standard InChI is InChI=1S/C51H98O14/c1-39(2)20-12-21-43(3,56)22-13-23-44(4,57)24-14-25-45(5,58)26-15-27-46(6,59)28-16-29-47(7,60)30-17-31-48(8,61)32-18-33-49(9,62)34-19-35-51(11,64)40(52)38-65-42(55)37-50(10,63)36-41(53)54/h20,40,52,56-64H,12-19,21-38H2,1-11H3,(H,53,54)/t40-,43?,44?,45?,46?,47?,48?,49?,50+,51+/m1/s1. The summed E-state index contributed by atoms with van der Waals surface area (Å²) >= 11 is 0. The van der Waals surface area contributed by atoms with Crippen molar-refractivity contribution in [2.24, 2.45) is 0 Å². The summed E-state index contributed by atoms with van der Waals surface area (Å²) in [6.45, 7) is 18.6. The van der Waals surface area contributed by atoms with Gasteiger partial charge in [0, 0.05) is 0 Å². The van der Waals surface area contributed by atoms with Crippen LogP contribution < -0.4 is 0 Å². The molecule has 0 bridgehead atoms. The van der Waals surface area contributed by atoms with Crippen molar-refractivity contribution in [3.63, 3.8) is 0 Å². The third-order valence-electron chi connectivity index (χ3n) is 13.4. The van der Waals surface area contributed by atoms with Crippen LogP contribution in [0.1, 0.15) is 237 Å². The number of rotatable bonds is 38. The summed E-state index contributed by atoms with van der Waals surface area (Å²) in [6, 6.07) is 0. The van der Waals surface area contributed by atoms with Crippen LogP contribution in [0.25, 0.3) is 0 Å². The highest BCUT2D eigenvalue weighted by Crippen LogP contribution is 2.33. The number of carbonyl (C=O) groups is 2. The molecule has 0 amide bonds. The number of ether oxygens (including phenoxy) is 1. The fourth-order valence-electron chi connectivity index (χ4n) is 8.74. The molecule has 0 spiro atoms. The van der Waals surface area contributed by atoms with Gasteiger partial charge in [0.2, 0.25) is 0 Å². The van der Waals surface area contributed by atoms with Crippen molar-refractivity contribution in [3.05, 3.63) is 11.6 Å². The molecule has 7 unspecified atom stereocenters. The summed E-state index contributed by atoms with van der Waals surface area (Å²) < 4.78 is 4.96. The molecule has 11 N–H and O–H groups in total. The number of hydrogen-bond donors (Lipinski definition) is 11. The van der Waals surface area contributed by atoms with E-state index in [2.05, 4.69) is 6.08 Å². The molecule has 65 heavy (non-hydrogen) atoms. The maximum atomic E-state index is 12.0. The van der Waals surface area contributed by atoms with Gasteiger partial charge < -0.3 is 60.9 Å². The van der Waals surface area contributed by atoms with E-state index in [4.69, 9.17) is 9.84 Å². The van der Waals surface area contributed by atoms with Crippen LogP contribution in [0.4, 0.5) is 0 Å². The molecule has 0 aliphatic rings. The number of carbonyl (C=O) groups excluding carboxylic acids is 1. The second-order valence-corrected chi connectivity index (χ2v) is 23.1. The normalized spacial score (nSPS) is 21.1. The molecule has 0 aromatic rings. The van der Waals surface area contributed by atoms with Gasteiger partial charge in [0.1, 0.15) is 12.7 Å². The Kier molecular flexibility index (Phi) is 26.7. The lowest BCUT2D eigenvalue weighted by atomic mass is 9.83. The molecule has 14 nitrogen and oxygen atoms in total. The second kappa shape index (κ2) is 27.5. The molecule has 0 fully saturated rings. The van der Waals surface area contributed by atoms with Crippen molar-refractivity contribution in [1.82, 2.24) is 0 Å². The quantitative estimate of drug-likeness (QED) is 0.0212. The van der Waals surface area contributed by atoms with Crippen molar-refractivity contribution >= 4 is 11.9 Å². The number of aliphatic hydroxyl groups is 10. The molecule has 386 valence electrons. The maximum Gasteiger partial charge on any atom is 0.308 e. The van der Waals surface area contributed by atoms with E-state index in [0.29, 0.717) is 128 Å². The molecule has 0 aliphatic carbocycles. The highest BCUT2D eigenvalue weighted by molar-refractivity contribution is 5.73. The van der Waals surface area contributed by atoms with Gasteiger partial charge >= 0.3 is 11.9 Å². The summed E-state index contributed by atoms with van der Waals surface area (Å²) in [5.74, 6) is -2.19. The largest absolute Gasteiger partial charge is 0.481 e. The van der Waals surface area contributed by atoms with E-state index < -0.39 is 87.9 Å². The Labute approximate surface area is 392 Å². The minimum absolute atomic E-state index is 0.0933. The summed E-state index contributed by atoms with van der Waals surface area (Å²) in [4.78, 5) is 22.9. The van der Waals surface area contributed by atoms with Crippen LogP contribution in [-0.2, 0) is 14.3 Å². The predicted molar refractivity (Wildman–Crippen MR) is 255 cm³/mol. The van der Waals surface area contributed by atoms with Crippen LogP contribution >= 0.6 is 0 Å². The Morgan fingerprint density at radius 3 is 0.954 bits per heavy atom. The fourth-order valence-corrected chi connectivity index (χ4v) is 8.74. The van der Waals surface area contributed by atoms with Crippen molar-refractivity contribution in [1.29, 1.82) is 0 Å². The van der Waals surface area contributed by atoms with E-state index in [1.54, 1.807) is 27.7 Å². The first-order valence-corrected chi connectivity index (χ1v) is 24.5. The zero-order chi connectivity index (χ0) is 50.6. The SMILES string of the molecule is CC(C)=CCCC(C)(O)CCCC(C)(O)CCCC(C)(O)CCCC(C)(O)CCCC(C)(O)CCCC(C)(O)CCCC(C)(O)CCC[C@](C)(O)[C@H](O)COC(=O)C[C@@](C)(O)CC(=O)O. The van der Waals surface area contributed by atoms with E-state index in [9.17, 15) is 60.7 Å². The van der Waals surface area contributed by atoms with E-state index in [0.717, 1.165) is 12.8 Å². The number of aliphatic hydroxyl groups excluding tert-OH is 1. The lowest BCUT2D eigenvalue weighted by Crippen LogP contribution is -2.43. The zero-order valence-corrected chi connectivity index (χ0v) is 42.7. The Bertz CT molecular complexity index is 1390. The van der Waals surface area contributed by atoms with Gasteiger partial charge in [0.05, 0.1) is 63.3 Å². The number of aliphatic carboxylic acids is 1. The van der Waals surface area contributed by atoms with Crippen LogP contribution in [0, 0.1) is 0 Å². The molecule has 0 aliphatic heterocycles. The molecule has 10 atom stereocenters. The third-order valence-corrected chi connectivity index (χ3v) is 13.4. The highest BCUT2D eigenvalue weighted by atomic mass is 16.5. The lowest BCUT2D eigenvalue weighted by molar-refractivity contribution is -0.160. The number of esters is 1. The first kappa shape index (κ1) is 63.3. The van der Waals surface area contributed by atoms with Crippen LogP contribution in [-0.4, -0.2) is 131 Å². The number of allylic oxidation sites excluding steroid dienone is 2. The lowest BCUT2D eigenvalue weighted by Gasteiger charge is -2.31. The molecular formula is C51H98O14. The minimum Gasteiger partial charge on any atom is -0.481 e. The van der Waals surface area contributed by atoms with Gasteiger partial charge in [0.15, 0.2) is 0 Å². The first-order chi connectivity index (χ1) is 29.3. The summed E-state index contributed by atoms with van der Waals surface area (Å²) in [5, 5.41) is 117. The molecular weight excluding hydrogens is 837 g/mol. The van der Waals surface area contributed by atoms with Crippen LogP contribution in [0.5, 0.6) is 0 Å². The molecule has 14 heteroatoms. The van der Waals surface area contributed by atoms with Gasteiger partial charge in [-0.1, -0.05) is 11.6 Å². The molecule has 0 saturated carbocycles. The van der Waals surface area contributed by atoms with Gasteiger partial charge in [-0.2, -0.15) is 0 Å². The Balaban J connectivity index is 4.50. The van der Waals surface area contributed by atoms with Crippen molar-refractivity contribution < 1.29 is 70.5 Å². The topological polar surface area (TPSA) is 266 Å². The van der Waals surface area contributed by atoms with Gasteiger partial charge in [-0.3, -0.25) is 9.59 Å². The van der Waals surface area contributed by atoms with Crippen LogP contribution in [0.15, 0.2) is 11.6 Å².